The minimum absolute atomic E-state index is 0. The summed E-state index contributed by atoms with van der Waals surface area (Å²) in [6.07, 6.45) is 1.07. The number of carboxylic acids is 1. The average Bonchev–Trinajstić information content (AvgIpc) is 2.87. The zero-order valence-electron chi connectivity index (χ0n) is 14.4. The van der Waals surface area contributed by atoms with E-state index in [-0.39, 0.29) is 50.2 Å². The van der Waals surface area contributed by atoms with Crippen molar-refractivity contribution in [2.45, 2.75) is 45.6 Å². The standard InChI is InChI=1S/C18H18N2O7.CH4/c21-13-8-7-11(16(24)19-13)20-17(25)10-4-3-5-12(15(10)18(20)26)27-9-2-1-6-14(22)23;/h3-5,11H,1-2,6-9H2,(H,22,23)(H,19,21,24);1H4. The summed E-state index contributed by atoms with van der Waals surface area (Å²) in [5, 5.41) is 10.8. The van der Waals surface area contributed by atoms with Crippen molar-refractivity contribution in [1.29, 1.82) is 0 Å². The Kier molecular flexibility index (Phi) is 6.50. The second-order valence-corrected chi connectivity index (χ2v) is 6.33. The number of nitrogens with one attached hydrogen (secondary N) is 1. The van der Waals surface area contributed by atoms with Crippen LogP contribution in [0.4, 0.5) is 0 Å². The Bertz CT molecular complexity index is 834. The molecule has 2 aliphatic rings. The molecule has 1 atom stereocenters. The van der Waals surface area contributed by atoms with Crippen molar-refractivity contribution < 1.29 is 33.8 Å². The summed E-state index contributed by atoms with van der Waals surface area (Å²) in [5.74, 6) is -3.01. The second-order valence-electron chi connectivity index (χ2n) is 6.33. The fraction of sp³-hybridized carbons (Fsp3) is 0.421. The maximum absolute atomic E-state index is 12.8. The normalized spacial score (nSPS) is 18.4. The van der Waals surface area contributed by atoms with Crippen LogP contribution in [-0.2, 0) is 14.4 Å². The molecule has 28 heavy (non-hydrogen) atoms. The van der Waals surface area contributed by atoms with Crippen LogP contribution in [0.25, 0.3) is 0 Å². The van der Waals surface area contributed by atoms with Gasteiger partial charge in [0, 0.05) is 12.8 Å². The van der Waals surface area contributed by atoms with Crippen molar-refractivity contribution in [3.8, 4) is 5.75 Å². The van der Waals surface area contributed by atoms with Crippen LogP contribution in [0.3, 0.4) is 0 Å². The van der Waals surface area contributed by atoms with Gasteiger partial charge in [0.25, 0.3) is 11.8 Å². The van der Waals surface area contributed by atoms with Crippen LogP contribution < -0.4 is 10.1 Å². The lowest BCUT2D eigenvalue weighted by atomic mass is 10.0. The first kappa shape index (κ1) is 21.1. The Morgan fingerprint density at radius 2 is 1.93 bits per heavy atom. The van der Waals surface area contributed by atoms with Crippen LogP contribution in [0.2, 0.25) is 0 Å². The quantitative estimate of drug-likeness (QED) is 0.531. The van der Waals surface area contributed by atoms with E-state index in [1.165, 1.54) is 6.07 Å². The number of unbranched alkanes of at least 4 members (excludes halogenated alkanes) is 1. The van der Waals surface area contributed by atoms with Gasteiger partial charge in [-0.05, 0) is 31.4 Å². The molecule has 2 aliphatic heterocycles. The predicted molar refractivity (Wildman–Crippen MR) is 96.8 cm³/mol. The van der Waals surface area contributed by atoms with Crippen LogP contribution in [0.15, 0.2) is 18.2 Å². The number of carboxylic acid groups (broad SMARTS) is 1. The largest absolute Gasteiger partial charge is 0.493 e. The Labute approximate surface area is 161 Å². The summed E-state index contributed by atoms with van der Waals surface area (Å²) in [7, 11) is 0. The van der Waals surface area contributed by atoms with Gasteiger partial charge in [-0.1, -0.05) is 13.5 Å². The maximum Gasteiger partial charge on any atom is 0.303 e. The van der Waals surface area contributed by atoms with E-state index in [0.717, 1.165) is 4.90 Å². The van der Waals surface area contributed by atoms with Crippen LogP contribution in [0.1, 0.15) is 60.2 Å². The summed E-state index contributed by atoms with van der Waals surface area (Å²) in [4.78, 5) is 60.2. The van der Waals surface area contributed by atoms with Crippen molar-refractivity contribution in [2.75, 3.05) is 6.61 Å². The van der Waals surface area contributed by atoms with Gasteiger partial charge in [0.2, 0.25) is 11.8 Å². The highest BCUT2D eigenvalue weighted by Gasteiger charge is 2.45. The zero-order valence-corrected chi connectivity index (χ0v) is 14.4. The molecule has 2 N–H and O–H groups in total. The third-order valence-electron chi connectivity index (χ3n) is 4.47. The van der Waals surface area contributed by atoms with E-state index in [4.69, 9.17) is 9.84 Å². The smallest absolute Gasteiger partial charge is 0.303 e. The molecule has 0 aliphatic carbocycles. The molecule has 0 spiro atoms. The SMILES string of the molecule is C.O=C(O)CCCCOc1cccc2c1C(=O)N(C1CCC(=O)NC1=O)C2=O. The van der Waals surface area contributed by atoms with Crippen LogP contribution in [0.5, 0.6) is 5.75 Å². The molecule has 0 radical (unpaired) electrons. The van der Waals surface area contributed by atoms with E-state index >= 15 is 0 Å². The molecule has 0 aromatic heterocycles. The second kappa shape index (κ2) is 8.64. The Hall–Kier alpha value is -3.23. The lowest BCUT2D eigenvalue weighted by molar-refractivity contribution is -0.138. The van der Waals surface area contributed by atoms with E-state index in [1.807, 2.05) is 0 Å². The van der Waals surface area contributed by atoms with Gasteiger partial charge in [0.1, 0.15) is 11.8 Å². The number of benzene rings is 1. The summed E-state index contributed by atoms with van der Waals surface area (Å²) in [6.45, 7) is 0.198. The first-order chi connectivity index (χ1) is 12.9. The highest BCUT2D eigenvalue weighted by molar-refractivity contribution is 6.24. The minimum Gasteiger partial charge on any atom is -0.493 e. The number of imide groups is 2. The van der Waals surface area contributed by atoms with Crippen molar-refractivity contribution in [3.05, 3.63) is 29.3 Å². The van der Waals surface area contributed by atoms with Crippen LogP contribution in [-0.4, -0.2) is 52.3 Å². The molecule has 0 bridgehead atoms. The lowest BCUT2D eigenvalue weighted by Gasteiger charge is -2.27. The van der Waals surface area contributed by atoms with Gasteiger partial charge in [0.05, 0.1) is 17.7 Å². The number of aliphatic carboxylic acids is 1. The van der Waals surface area contributed by atoms with Crippen LogP contribution in [0, 0.1) is 0 Å². The van der Waals surface area contributed by atoms with Gasteiger partial charge in [-0.2, -0.15) is 0 Å². The monoisotopic (exact) mass is 390 g/mol. The molecule has 0 saturated carbocycles. The molecule has 1 aromatic carbocycles. The predicted octanol–water partition coefficient (Wildman–Crippen LogP) is 1.36. The van der Waals surface area contributed by atoms with Gasteiger partial charge in [-0.15, -0.1) is 0 Å². The number of ether oxygens (including phenoxy) is 1. The molecular formula is C19H22N2O7. The molecule has 150 valence electrons. The van der Waals surface area contributed by atoms with Crippen LogP contribution >= 0.6 is 0 Å². The molecule has 1 unspecified atom stereocenters. The number of nitrogens with zero attached hydrogens (tertiary/aromatic N) is 1. The summed E-state index contributed by atoms with van der Waals surface area (Å²) in [6, 6.07) is 3.58. The lowest BCUT2D eigenvalue weighted by Crippen LogP contribution is -2.54. The maximum atomic E-state index is 12.8. The van der Waals surface area contributed by atoms with Gasteiger partial charge < -0.3 is 9.84 Å². The number of amides is 4. The van der Waals surface area contributed by atoms with Gasteiger partial charge in [-0.3, -0.25) is 34.2 Å². The first-order valence-corrected chi connectivity index (χ1v) is 8.59. The number of piperidine rings is 1. The summed E-state index contributed by atoms with van der Waals surface area (Å²) >= 11 is 0. The number of carbonyl (C=O) groups excluding carboxylic acids is 4. The molecule has 1 aromatic rings. The van der Waals surface area contributed by atoms with E-state index < -0.39 is 35.6 Å². The fourth-order valence-corrected chi connectivity index (χ4v) is 3.16. The van der Waals surface area contributed by atoms with Crippen molar-refractivity contribution in [3.63, 3.8) is 0 Å². The van der Waals surface area contributed by atoms with E-state index in [9.17, 15) is 24.0 Å². The van der Waals surface area contributed by atoms with E-state index in [1.54, 1.807) is 12.1 Å². The number of fused-ring (bicyclic) bond motifs is 1. The molecule has 3 rings (SSSR count). The van der Waals surface area contributed by atoms with E-state index in [2.05, 4.69) is 5.32 Å². The molecule has 9 heteroatoms. The highest BCUT2D eigenvalue weighted by Crippen LogP contribution is 2.33. The zero-order chi connectivity index (χ0) is 19.6. The van der Waals surface area contributed by atoms with E-state index in [0.29, 0.717) is 12.8 Å². The number of carbonyl (C=O) groups is 5. The van der Waals surface area contributed by atoms with Crippen molar-refractivity contribution in [2.24, 2.45) is 0 Å². The molecule has 2 heterocycles. The molecule has 1 fully saturated rings. The molecule has 4 amide bonds. The van der Waals surface area contributed by atoms with Crippen molar-refractivity contribution >= 4 is 29.6 Å². The van der Waals surface area contributed by atoms with Crippen molar-refractivity contribution in [1.82, 2.24) is 10.2 Å². The third-order valence-corrected chi connectivity index (χ3v) is 4.47. The first-order valence-electron chi connectivity index (χ1n) is 8.59. The Balaban J connectivity index is 0.00000280. The fourth-order valence-electron chi connectivity index (χ4n) is 3.16. The number of rotatable bonds is 7. The molecular weight excluding hydrogens is 368 g/mol. The third kappa shape index (κ3) is 4.03. The van der Waals surface area contributed by atoms with Gasteiger partial charge in [0.15, 0.2) is 0 Å². The summed E-state index contributed by atoms with van der Waals surface area (Å²) in [5.41, 5.74) is 0.234. The minimum atomic E-state index is -1.03. The average molecular weight is 390 g/mol. The number of hydrogen-bond acceptors (Lipinski definition) is 6. The Morgan fingerprint density at radius 3 is 2.61 bits per heavy atom. The van der Waals surface area contributed by atoms with Gasteiger partial charge >= 0.3 is 5.97 Å². The summed E-state index contributed by atoms with van der Waals surface area (Å²) < 4.78 is 5.58. The topological polar surface area (TPSA) is 130 Å². The molecule has 9 nitrogen and oxygen atoms in total. The Morgan fingerprint density at radius 1 is 1.18 bits per heavy atom. The highest BCUT2D eigenvalue weighted by atomic mass is 16.5. The number of hydrogen-bond donors (Lipinski definition) is 2. The molecule has 1 saturated heterocycles. The van der Waals surface area contributed by atoms with Gasteiger partial charge in [-0.25, -0.2) is 0 Å².